The molecule has 106 valence electrons. The number of aromatic nitrogens is 3. The van der Waals surface area contributed by atoms with E-state index in [4.69, 9.17) is 0 Å². The molecule has 0 aromatic carbocycles. The summed E-state index contributed by atoms with van der Waals surface area (Å²) in [7, 11) is 3.68. The SMILES string of the molecule is CNc1cc(C(=O)NCCc2ccnn2C)cc(C)n1. The summed E-state index contributed by atoms with van der Waals surface area (Å²) in [4.78, 5) is 16.4. The molecule has 2 heterocycles. The number of anilines is 1. The average Bonchev–Trinajstić information content (AvgIpc) is 2.83. The van der Waals surface area contributed by atoms with E-state index in [1.54, 1.807) is 25.4 Å². The lowest BCUT2D eigenvalue weighted by Crippen LogP contribution is -2.26. The van der Waals surface area contributed by atoms with Crippen LogP contribution < -0.4 is 10.6 Å². The number of aryl methyl sites for hydroxylation is 2. The van der Waals surface area contributed by atoms with Gasteiger partial charge in [0.15, 0.2) is 0 Å². The number of pyridine rings is 1. The summed E-state index contributed by atoms with van der Waals surface area (Å²) >= 11 is 0. The third-order valence-electron chi connectivity index (χ3n) is 3.06. The van der Waals surface area contributed by atoms with Crippen molar-refractivity contribution in [2.75, 3.05) is 18.9 Å². The van der Waals surface area contributed by atoms with Crippen molar-refractivity contribution >= 4 is 11.7 Å². The van der Waals surface area contributed by atoms with Crippen LogP contribution in [0.4, 0.5) is 5.82 Å². The fraction of sp³-hybridized carbons (Fsp3) is 0.357. The molecular formula is C14H19N5O. The van der Waals surface area contributed by atoms with Crippen LogP contribution in [0.1, 0.15) is 21.7 Å². The first kappa shape index (κ1) is 14.0. The average molecular weight is 273 g/mol. The Hall–Kier alpha value is -2.37. The molecule has 6 nitrogen and oxygen atoms in total. The van der Waals surface area contributed by atoms with Gasteiger partial charge in [-0.25, -0.2) is 4.98 Å². The van der Waals surface area contributed by atoms with Gasteiger partial charge >= 0.3 is 0 Å². The van der Waals surface area contributed by atoms with Gasteiger partial charge < -0.3 is 10.6 Å². The molecule has 0 fully saturated rings. The Kier molecular flexibility index (Phi) is 4.34. The van der Waals surface area contributed by atoms with Gasteiger partial charge in [0.05, 0.1) is 0 Å². The van der Waals surface area contributed by atoms with Crippen LogP contribution in [0.5, 0.6) is 0 Å². The minimum Gasteiger partial charge on any atom is -0.373 e. The Morgan fingerprint density at radius 3 is 2.85 bits per heavy atom. The van der Waals surface area contributed by atoms with Crippen molar-refractivity contribution in [2.45, 2.75) is 13.3 Å². The van der Waals surface area contributed by atoms with Gasteiger partial charge in [-0.3, -0.25) is 9.48 Å². The highest BCUT2D eigenvalue weighted by atomic mass is 16.1. The van der Waals surface area contributed by atoms with Gasteiger partial charge in [-0.1, -0.05) is 0 Å². The molecule has 1 amide bonds. The van der Waals surface area contributed by atoms with Crippen LogP contribution in [0, 0.1) is 6.92 Å². The van der Waals surface area contributed by atoms with Gasteiger partial charge in [0, 0.05) is 50.2 Å². The highest BCUT2D eigenvalue weighted by molar-refractivity contribution is 5.94. The molecular weight excluding hydrogens is 254 g/mol. The lowest BCUT2D eigenvalue weighted by molar-refractivity contribution is 0.0954. The monoisotopic (exact) mass is 273 g/mol. The number of amides is 1. The molecule has 0 aliphatic carbocycles. The summed E-state index contributed by atoms with van der Waals surface area (Å²) in [5, 5.41) is 9.95. The topological polar surface area (TPSA) is 71.8 Å². The second-order valence-corrected chi connectivity index (χ2v) is 4.58. The maximum absolute atomic E-state index is 12.1. The van der Waals surface area contributed by atoms with Gasteiger partial charge in [-0.15, -0.1) is 0 Å². The van der Waals surface area contributed by atoms with Crippen LogP contribution in [0.15, 0.2) is 24.4 Å². The van der Waals surface area contributed by atoms with E-state index in [-0.39, 0.29) is 5.91 Å². The number of rotatable bonds is 5. The van der Waals surface area contributed by atoms with Gasteiger partial charge in [-0.2, -0.15) is 5.10 Å². The van der Waals surface area contributed by atoms with Crippen molar-refractivity contribution in [3.05, 3.63) is 41.3 Å². The Morgan fingerprint density at radius 2 is 2.20 bits per heavy atom. The molecule has 6 heteroatoms. The van der Waals surface area contributed by atoms with Gasteiger partial charge in [0.2, 0.25) is 0 Å². The first-order valence-corrected chi connectivity index (χ1v) is 6.51. The first-order chi connectivity index (χ1) is 9.60. The standard InChI is InChI=1S/C14H19N5O/c1-10-8-11(9-13(15-2)18-10)14(20)16-6-4-12-5-7-17-19(12)3/h5,7-9H,4,6H2,1-3H3,(H,15,18)(H,16,20). The van der Waals surface area contributed by atoms with Crippen molar-refractivity contribution in [3.63, 3.8) is 0 Å². The third-order valence-corrected chi connectivity index (χ3v) is 3.06. The Morgan fingerprint density at radius 1 is 1.40 bits per heavy atom. The van der Waals surface area contributed by atoms with E-state index in [0.29, 0.717) is 17.9 Å². The van der Waals surface area contributed by atoms with Crippen LogP contribution >= 0.6 is 0 Å². The second-order valence-electron chi connectivity index (χ2n) is 4.58. The largest absolute Gasteiger partial charge is 0.373 e. The van der Waals surface area contributed by atoms with Gasteiger partial charge in [0.1, 0.15) is 5.82 Å². The number of nitrogens with zero attached hydrogens (tertiary/aromatic N) is 3. The minimum absolute atomic E-state index is 0.0887. The van der Waals surface area contributed by atoms with Crippen molar-refractivity contribution in [3.8, 4) is 0 Å². The molecule has 2 N–H and O–H groups in total. The number of hydrogen-bond donors (Lipinski definition) is 2. The molecule has 20 heavy (non-hydrogen) atoms. The number of carbonyl (C=O) groups is 1. The molecule has 0 radical (unpaired) electrons. The lowest BCUT2D eigenvalue weighted by Gasteiger charge is -2.08. The van der Waals surface area contributed by atoms with Crippen LogP contribution in [-0.4, -0.2) is 34.3 Å². The molecule has 2 rings (SSSR count). The van der Waals surface area contributed by atoms with E-state index < -0.39 is 0 Å². The predicted octanol–water partition coefficient (Wildman–Crippen LogP) is 1.14. The molecule has 0 unspecified atom stereocenters. The first-order valence-electron chi connectivity index (χ1n) is 6.51. The highest BCUT2D eigenvalue weighted by Crippen LogP contribution is 2.09. The van der Waals surface area contributed by atoms with Crippen molar-refractivity contribution < 1.29 is 4.79 Å². The Balaban J connectivity index is 1.95. The summed E-state index contributed by atoms with van der Waals surface area (Å²) in [6, 6.07) is 5.47. The Bertz CT molecular complexity index is 605. The molecule has 0 bridgehead atoms. The van der Waals surface area contributed by atoms with Crippen molar-refractivity contribution in [2.24, 2.45) is 7.05 Å². The summed E-state index contributed by atoms with van der Waals surface area (Å²) in [5.41, 5.74) is 2.52. The van der Waals surface area contributed by atoms with E-state index >= 15 is 0 Å². The van der Waals surface area contributed by atoms with Crippen molar-refractivity contribution in [1.82, 2.24) is 20.1 Å². The maximum atomic E-state index is 12.1. The molecule has 0 saturated heterocycles. The number of hydrogen-bond acceptors (Lipinski definition) is 4. The van der Waals surface area contributed by atoms with Crippen LogP contribution in [-0.2, 0) is 13.5 Å². The molecule has 2 aromatic heterocycles. The minimum atomic E-state index is -0.0887. The fourth-order valence-electron chi connectivity index (χ4n) is 1.98. The summed E-state index contributed by atoms with van der Waals surface area (Å²) in [5.74, 6) is 0.607. The maximum Gasteiger partial charge on any atom is 0.251 e. The van der Waals surface area contributed by atoms with E-state index in [0.717, 1.165) is 17.8 Å². The second kappa shape index (κ2) is 6.18. The summed E-state index contributed by atoms with van der Waals surface area (Å²) in [6.07, 6.45) is 2.51. The number of carbonyl (C=O) groups excluding carboxylic acids is 1. The smallest absolute Gasteiger partial charge is 0.251 e. The molecule has 2 aromatic rings. The zero-order valence-corrected chi connectivity index (χ0v) is 12.0. The zero-order valence-electron chi connectivity index (χ0n) is 12.0. The van der Waals surface area contributed by atoms with E-state index in [1.807, 2.05) is 24.7 Å². The van der Waals surface area contributed by atoms with Crippen molar-refractivity contribution in [1.29, 1.82) is 0 Å². The van der Waals surface area contributed by atoms with Crippen LogP contribution in [0.25, 0.3) is 0 Å². The molecule has 0 spiro atoms. The van der Waals surface area contributed by atoms with E-state index in [1.165, 1.54) is 0 Å². The molecule has 0 aliphatic rings. The van der Waals surface area contributed by atoms with E-state index in [2.05, 4.69) is 20.7 Å². The van der Waals surface area contributed by atoms with Gasteiger partial charge in [0.25, 0.3) is 5.91 Å². The zero-order chi connectivity index (χ0) is 14.5. The van der Waals surface area contributed by atoms with Crippen LogP contribution in [0.2, 0.25) is 0 Å². The number of nitrogens with one attached hydrogen (secondary N) is 2. The van der Waals surface area contributed by atoms with Crippen LogP contribution in [0.3, 0.4) is 0 Å². The van der Waals surface area contributed by atoms with E-state index in [9.17, 15) is 4.79 Å². The summed E-state index contributed by atoms with van der Waals surface area (Å²) < 4.78 is 1.81. The fourth-order valence-corrected chi connectivity index (χ4v) is 1.98. The molecule has 0 aliphatic heterocycles. The quantitative estimate of drug-likeness (QED) is 0.857. The Labute approximate surface area is 118 Å². The summed E-state index contributed by atoms with van der Waals surface area (Å²) in [6.45, 7) is 2.45. The normalized spacial score (nSPS) is 10.3. The van der Waals surface area contributed by atoms with Gasteiger partial charge in [-0.05, 0) is 25.1 Å². The third kappa shape index (κ3) is 3.34. The molecule has 0 atom stereocenters. The predicted molar refractivity (Wildman–Crippen MR) is 77.8 cm³/mol. The lowest BCUT2D eigenvalue weighted by atomic mass is 10.2. The highest BCUT2D eigenvalue weighted by Gasteiger charge is 2.08. The molecule has 0 saturated carbocycles.